The summed E-state index contributed by atoms with van der Waals surface area (Å²) < 4.78 is 0. The van der Waals surface area contributed by atoms with Gasteiger partial charge < -0.3 is 10.6 Å². The Morgan fingerprint density at radius 2 is 2.06 bits per heavy atom. The van der Waals surface area contributed by atoms with Crippen molar-refractivity contribution in [2.75, 3.05) is 25.9 Å². The molecule has 0 amide bonds. The van der Waals surface area contributed by atoms with Crippen molar-refractivity contribution in [1.82, 2.24) is 4.90 Å². The molecule has 3 atom stereocenters. The molecule has 1 saturated heterocycles. The second-order valence-corrected chi connectivity index (χ2v) is 7.77. The van der Waals surface area contributed by atoms with Crippen LogP contribution < -0.4 is 5.73 Å². The van der Waals surface area contributed by atoms with Crippen LogP contribution in [0.4, 0.5) is 0 Å². The zero-order valence-electron chi connectivity index (χ0n) is 12.2. The van der Waals surface area contributed by atoms with Crippen molar-refractivity contribution < 1.29 is 0 Å². The van der Waals surface area contributed by atoms with Crippen molar-refractivity contribution in [3.63, 3.8) is 0 Å². The summed E-state index contributed by atoms with van der Waals surface area (Å²) in [6.45, 7) is 6.04. The van der Waals surface area contributed by atoms with E-state index >= 15 is 0 Å². The summed E-state index contributed by atoms with van der Waals surface area (Å²) >= 11 is 2.05. The van der Waals surface area contributed by atoms with Crippen molar-refractivity contribution in [1.29, 1.82) is 0 Å². The molecule has 0 bridgehead atoms. The summed E-state index contributed by atoms with van der Waals surface area (Å²) in [5.74, 6) is 0.828. The van der Waals surface area contributed by atoms with E-state index in [-0.39, 0.29) is 5.54 Å². The van der Waals surface area contributed by atoms with Gasteiger partial charge in [-0.1, -0.05) is 19.8 Å². The molecular weight excluding hydrogens is 240 g/mol. The van der Waals surface area contributed by atoms with E-state index in [4.69, 9.17) is 5.73 Å². The minimum absolute atomic E-state index is 0.108. The molecule has 1 aliphatic carbocycles. The standard InChI is InChI=1S/C15H30N2S/c1-13-5-3-8-15(16,11-13)12-17-9-4-6-14(18-2)7-10-17/h13-14H,3-12,16H2,1-2H3. The minimum atomic E-state index is 0.108. The van der Waals surface area contributed by atoms with Gasteiger partial charge in [-0.2, -0.15) is 11.8 Å². The van der Waals surface area contributed by atoms with Crippen molar-refractivity contribution >= 4 is 11.8 Å². The van der Waals surface area contributed by atoms with Crippen molar-refractivity contribution in [2.45, 2.75) is 62.7 Å². The van der Waals surface area contributed by atoms with Crippen molar-refractivity contribution in [3.05, 3.63) is 0 Å². The lowest BCUT2D eigenvalue weighted by Gasteiger charge is -2.40. The molecule has 106 valence electrons. The fourth-order valence-corrected chi connectivity index (χ4v) is 4.55. The Morgan fingerprint density at radius 3 is 2.78 bits per heavy atom. The van der Waals surface area contributed by atoms with Gasteiger partial charge in [0.1, 0.15) is 0 Å². The van der Waals surface area contributed by atoms with E-state index in [9.17, 15) is 0 Å². The molecule has 18 heavy (non-hydrogen) atoms. The lowest BCUT2D eigenvalue weighted by molar-refractivity contribution is 0.153. The summed E-state index contributed by atoms with van der Waals surface area (Å²) in [6.07, 6.45) is 11.5. The van der Waals surface area contributed by atoms with Crippen LogP contribution in [0.1, 0.15) is 51.9 Å². The molecule has 2 rings (SSSR count). The quantitative estimate of drug-likeness (QED) is 0.854. The summed E-state index contributed by atoms with van der Waals surface area (Å²) in [5, 5.41) is 0.883. The fourth-order valence-electron chi connectivity index (χ4n) is 3.81. The summed E-state index contributed by atoms with van der Waals surface area (Å²) in [7, 11) is 0. The first-order valence-corrected chi connectivity index (χ1v) is 8.94. The fraction of sp³-hybridized carbons (Fsp3) is 1.00. The average molecular weight is 270 g/mol. The maximum absolute atomic E-state index is 6.65. The number of hydrogen-bond acceptors (Lipinski definition) is 3. The van der Waals surface area contributed by atoms with Gasteiger partial charge in [0.05, 0.1) is 0 Å². The highest BCUT2D eigenvalue weighted by Gasteiger charge is 2.33. The maximum Gasteiger partial charge on any atom is 0.0285 e. The van der Waals surface area contributed by atoms with Crippen LogP contribution in [-0.2, 0) is 0 Å². The molecule has 0 radical (unpaired) electrons. The zero-order chi connectivity index (χ0) is 13.0. The van der Waals surface area contributed by atoms with Crippen molar-refractivity contribution in [2.24, 2.45) is 11.7 Å². The predicted octanol–water partition coefficient (Wildman–Crippen LogP) is 3.11. The van der Waals surface area contributed by atoms with E-state index < -0.39 is 0 Å². The maximum atomic E-state index is 6.65. The normalized spacial score (nSPS) is 39.5. The van der Waals surface area contributed by atoms with E-state index in [1.807, 2.05) is 11.8 Å². The second-order valence-electron chi connectivity index (χ2n) is 6.63. The molecule has 0 aromatic heterocycles. The predicted molar refractivity (Wildman–Crippen MR) is 82.1 cm³/mol. The molecule has 1 heterocycles. The van der Waals surface area contributed by atoms with Crippen LogP contribution in [0, 0.1) is 5.92 Å². The number of likely N-dealkylation sites (tertiary alicyclic amines) is 1. The van der Waals surface area contributed by atoms with E-state index in [1.165, 1.54) is 58.0 Å². The van der Waals surface area contributed by atoms with E-state index in [0.29, 0.717) is 0 Å². The Balaban J connectivity index is 1.84. The number of rotatable bonds is 3. The summed E-state index contributed by atoms with van der Waals surface area (Å²) in [5.41, 5.74) is 6.76. The summed E-state index contributed by atoms with van der Waals surface area (Å²) in [4.78, 5) is 2.65. The molecule has 3 heteroatoms. The van der Waals surface area contributed by atoms with Gasteiger partial charge in [-0.3, -0.25) is 0 Å². The lowest BCUT2D eigenvalue weighted by Crippen LogP contribution is -2.53. The molecule has 2 aliphatic rings. The number of nitrogens with two attached hydrogens (primary N) is 1. The van der Waals surface area contributed by atoms with E-state index in [0.717, 1.165) is 17.7 Å². The van der Waals surface area contributed by atoms with E-state index in [1.54, 1.807) is 0 Å². The highest BCUT2D eigenvalue weighted by Crippen LogP contribution is 2.32. The monoisotopic (exact) mass is 270 g/mol. The highest BCUT2D eigenvalue weighted by molar-refractivity contribution is 7.99. The van der Waals surface area contributed by atoms with Gasteiger partial charge in [0, 0.05) is 17.3 Å². The Kier molecular flexibility index (Phi) is 5.40. The Morgan fingerprint density at radius 1 is 1.22 bits per heavy atom. The average Bonchev–Trinajstić information content (AvgIpc) is 2.53. The molecule has 0 aromatic rings. The van der Waals surface area contributed by atoms with E-state index in [2.05, 4.69) is 18.1 Å². The number of thioether (sulfide) groups is 1. The SMILES string of the molecule is CSC1CCCN(CC2(N)CCCC(C)C2)CC1. The Labute approximate surface area is 117 Å². The van der Waals surface area contributed by atoms with Gasteiger partial charge in [-0.05, 0) is 57.4 Å². The minimum Gasteiger partial charge on any atom is -0.324 e. The number of hydrogen-bond donors (Lipinski definition) is 1. The van der Waals surface area contributed by atoms with Crippen molar-refractivity contribution in [3.8, 4) is 0 Å². The second kappa shape index (κ2) is 6.62. The Hall–Kier alpha value is 0.270. The molecular formula is C15H30N2S. The molecule has 1 aliphatic heterocycles. The molecule has 0 aromatic carbocycles. The lowest BCUT2D eigenvalue weighted by atomic mass is 9.77. The van der Waals surface area contributed by atoms with Crippen LogP contribution in [0.15, 0.2) is 0 Å². The van der Waals surface area contributed by atoms with Gasteiger partial charge in [0.15, 0.2) is 0 Å². The smallest absolute Gasteiger partial charge is 0.0285 e. The van der Waals surface area contributed by atoms with Crippen LogP contribution in [-0.4, -0.2) is 41.6 Å². The molecule has 0 spiro atoms. The molecule has 2 nitrogen and oxygen atoms in total. The molecule has 3 unspecified atom stereocenters. The Bertz CT molecular complexity index is 259. The van der Waals surface area contributed by atoms with Gasteiger partial charge in [-0.25, -0.2) is 0 Å². The third-order valence-electron chi connectivity index (χ3n) is 4.77. The van der Waals surface area contributed by atoms with Crippen LogP contribution in [0.25, 0.3) is 0 Å². The van der Waals surface area contributed by atoms with Crippen LogP contribution >= 0.6 is 11.8 Å². The topological polar surface area (TPSA) is 29.3 Å². The largest absolute Gasteiger partial charge is 0.324 e. The third kappa shape index (κ3) is 4.14. The van der Waals surface area contributed by atoms with Crippen LogP contribution in [0.5, 0.6) is 0 Å². The number of nitrogens with zero attached hydrogens (tertiary/aromatic N) is 1. The molecule has 2 fully saturated rings. The third-order valence-corrected chi connectivity index (χ3v) is 5.90. The molecule has 2 N–H and O–H groups in total. The van der Waals surface area contributed by atoms with Crippen LogP contribution in [0.2, 0.25) is 0 Å². The zero-order valence-corrected chi connectivity index (χ0v) is 13.0. The first-order valence-electron chi connectivity index (χ1n) is 7.65. The first-order chi connectivity index (χ1) is 8.61. The highest BCUT2D eigenvalue weighted by atomic mass is 32.2. The first kappa shape index (κ1) is 14.7. The van der Waals surface area contributed by atoms with Gasteiger partial charge >= 0.3 is 0 Å². The van der Waals surface area contributed by atoms with Gasteiger partial charge in [-0.15, -0.1) is 0 Å². The van der Waals surface area contributed by atoms with Crippen LogP contribution in [0.3, 0.4) is 0 Å². The summed E-state index contributed by atoms with van der Waals surface area (Å²) in [6, 6.07) is 0. The van der Waals surface area contributed by atoms with Gasteiger partial charge in [0.25, 0.3) is 0 Å². The molecule has 1 saturated carbocycles. The van der Waals surface area contributed by atoms with Gasteiger partial charge in [0.2, 0.25) is 0 Å².